The predicted molar refractivity (Wildman–Crippen MR) is 114 cm³/mol. The van der Waals surface area contributed by atoms with E-state index in [1.54, 1.807) is 13.8 Å². The van der Waals surface area contributed by atoms with E-state index < -0.39 is 85.0 Å². The molecule has 0 saturated carbocycles. The number of carboxylic acids is 3. The van der Waals surface area contributed by atoms with Crippen LogP contribution in [0.1, 0.15) is 39.5 Å². The normalized spacial score (nSPS) is 14.5. The van der Waals surface area contributed by atoms with Crippen molar-refractivity contribution in [1.82, 2.24) is 16.0 Å². The molecule has 0 radical (unpaired) electrons. The molecule has 0 aliphatic heterocycles. The summed E-state index contributed by atoms with van der Waals surface area (Å²) in [4.78, 5) is 70.3. The van der Waals surface area contributed by atoms with Crippen LogP contribution in [-0.4, -0.2) is 80.9 Å². The van der Waals surface area contributed by atoms with Crippen LogP contribution in [0.2, 0.25) is 0 Å². The molecule has 0 fully saturated rings. The van der Waals surface area contributed by atoms with Gasteiger partial charge in [-0.05, 0) is 18.8 Å². The summed E-state index contributed by atoms with van der Waals surface area (Å²) >= 11 is 3.91. The van der Waals surface area contributed by atoms with Gasteiger partial charge in [-0.15, -0.1) is 0 Å². The number of amides is 3. The first-order valence-electron chi connectivity index (χ1n) is 9.74. The summed E-state index contributed by atoms with van der Waals surface area (Å²) < 4.78 is 0. The Bertz CT molecular complexity index is 717. The maximum absolute atomic E-state index is 12.7. The van der Waals surface area contributed by atoms with Gasteiger partial charge in [0.1, 0.15) is 18.1 Å². The monoisotopic (exact) mass is 478 g/mol. The highest BCUT2D eigenvalue weighted by molar-refractivity contribution is 7.80. The number of carbonyl (C=O) groups is 6. The van der Waals surface area contributed by atoms with Gasteiger partial charge in [0, 0.05) is 18.6 Å². The first-order valence-corrected chi connectivity index (χ1v) is 10.4. The predicted octanol–water partition coefficient (Wildman–Crippen LogP) is -1.83. The molecule has 182 valence electrons. The maximum Gasteiger partial charge on any atom is 0.326 e. The molecule has 0 bridgehead atoms. The van der Waals surface area contributed by atoms with Crippen molar-refractivity contribution in [3.8, 4) is 0 Å². The lowest BCUT2D eigenvalue weighted by molar-refractivity contribution is -0.144. The lowest BCUT2D eigenvalue weighted by atomic mass is 10.0. The molecule has 32 heavy (non-hydrogen) atoms. The molecule has 0 saturated heterocycles. The smallest absolute Gasteiger partial charge is 0.326 e. The Labute approximate surface area is 189 Å². The molecule has 0 aliphatic carbocycles. The number of nitrogens with two attached hydrogens (primary N) is 1. The van der Waals surface area contributed by atoms with Crippen molar-refractivity contribution in [3.63, 3.8) is 0 Å². The van der Waals surface area contributed by atoms with Gasteiger partial charge in [0.2, 0.25) is 17.7 Å². The lowest BCUT2D eigenvalue weighted by Crippen LogP contribution is -2.58. The number of carbonyl (C=O) groups excluding carboxylic acids is 3. The first-order chi connectivity index (χ1) is 14.8. The summed E-state index contributed by atoms with van der Waals surface area (Å²) in [5.41, 5.74) is 5.58. The summed E-state index contributed by atoms with van der Waals surface area (Å²) in [5.74, 6) is -6.88. The fourth-order valence-corrected chi connectivity index (χ4v) is 2.64. The second-order valence-corrected chi connectivity index (χ2v) is 7.71. The maximum atomic E-state index is 12.7. The second kappa shape index (κ2) is 14.2. The van der Waals surface area contributed by atoms with Gasteiger partial charge in [0.25, 0.3) is 0 Å². The molecule has 0 rings (SSSR count). The Kier molecular flexibility index (Phi) is 13.0. The Morgan fingerprint density at radius 3 is 1.66 bits per heavy atom. The Morgan fingerprint density at radius 2 is 1.25 bits per heavy atom. The molecular weight excluding hydrogens is 448 g/mol. The molecule has 8 N–H and O–H groups in total. The SMILES string of the molecule is CC(C)C(NC(=O)C(N)CS)C(=O)NC(CCC(=O)O)C(=O)NC(CCC(=O)O)C(=O)O. The standard InChI is InChI=1S/C18H30N4O9S/c1-8(2)14(22-15(27)9(19)7-32)17(29)20-10(3-5-12(23)24)16(28)21-11(18(30)31)4-6-13(25)26/h8-11,14,32H,3-7,19H2,1-2H3,(H,20,29)(H,21,28)(H,22,27)(H,23,24)(H,25,26)(H,30,31). The van der Waals surface area contributed by atoms with Gasteiger partial charge in [-0.3, -0.25) is 24.0 Å². The summed E-state index contributed by atoms with van der Waals surface area (Å²) in [6.45, 7) is 3.24. The highest BCUT2D eigenvalue weighted by Crippen LogP contribution is 2.07. The fraction of sp³-hybridized carbons (Fsp3) is 0.667. The molecule has 4 atom stereocenters. The number of nitrogens with one attached hydrogen (secondary N) is 3. The molecule has 4 unspecified atom stereocenters. The minimum absolute atomic E-state index is 0.0226. The quantitative estimate of drug-likeness (QED) is 0.123. The van der Waals surface area contributed by atoms with E-state index in [9.17, 15) is 33.9 Å². The highest BCUT2D eigenvalue weighted by Gasteiger charge is 2.31. The third kappa shape index (κ3) is 10.9. The van der Waals surface area contributed by atoms with Gasteiger partial charge in [-0.25, -0.2) is 4.79 Å². The van der Waals surface area contributed by atoms with Gasteiger partial charge >= 0.3 is 17.9 Å². The van der Waals surface area contributed by atoms with E-state index in [0.29, 0.717) is 0 Å². The van der Waals surface area contributed by atoms with Crippen molar-refractivity contribution in [2.24, 2.45) is 11.7 Å². The molecule has 13 nitrogen and oxygen atoms in total. The molecule has 0 aliphatic rings. The van der Waals surface area contributed by atoms with E-state index in [4.69, 9.17) is 15.9 Å². The zero-order chi connectivity index (χ0) is 25.0. The van der Waals surface area contributed by atoms with Crippen molar-refractivity contribution >= 4 is 48.3 Å². The largest absolute Gasteiger partial charge is 0.481 e. The average Bonchev–Trinajstić information content (AvgIpc) is 2.70. The number of hydrogen-bond donors (Lipinski definition) is 8. The third-order valence-corrected chi connectivity index (χ3v) is 4.72. The minimum atomic E-state index is -1.56. The highest BCUT2D eigenvalue weighted by atomic mass is 32.1. The van der Waals surface area contributed by atoms with Crippen molar-refractivity contribution in [2.75, 3.05) is 5.75 Å². The average molecular weight is 479 g/mol. The molecule has 0 spiro atoms. The second-order valence-electron chi connectivity index (χ2n) is 7.34. The number of carboxylic acid groups (broad SMARTS) is 3. The van der Waals surface area contributed by atoms with Crippen LogP contribution in [0.15, 0.2) is 0 Å². The van der Waals surface area contributed by atoms with E-state index in [1.165, 1.54) is 0 Å². The zero-order valence-electron chi connectivity index (χ0n) is 17.7. The van der Waals surface area contributed by atoms with Crippen LogP contribution in [0.4, 0.5) is 0 Å². The van der Waals surface area contributed by atoms with Crippen LogP contribution in [0, 0.1) is 5.92 Å². The minimum Gasteiger partial charge on any atom is -0.481 e. The summed E-state index contributed by atoms with van der Waals surface area (Å²) in [5, 5.41) is 33.7. The van der Waals surface area contributed by atoms with Crippen molar-refractivity contribution < 1.29 is 44.1 Å². The van der Waals surface area contributed by atoms with Crippen molar-refractivity contribution in [3.05, 3.63) is 0 Å². The molecule has 14 heteroatoms. The molecule has 0 aromatic rings. The fourth-order valence-electron chi connectivity index (χ4n) is 2.47. The Balaban J connectivity index is 5.48. The number of thiol groups is 1. The first kappa shape index (κ1) is 29.1. The molecule has 3 amide bonds. The van der Waals surface area contributed by atoms with Crippen LogP contribution >= 0.6 is 12.6 Å². The molecule has 0 heterocycles. The van der Waals surface area contributed by atoms with E-state index >= 15 is 0 Å². The Hall–Kier alpha value is -2.87. The topological polar surface area (TPSA) is 225 Å². The van der Waals surface area contributed by atoms with E-state index in [0.717, 1.165) is 0 Å². The number of rotatable bonds is 15. The van der Waals surface area contributed by atoms with Gasteiger partial charge in [0.05, 0.1) is 6.04 Å². The Morgan fingerprint density at radius 1 is 0.781 bits per heavy atom. The van der Waals surface area contributed by atoms with Gasteiger partial charge in [-0.2, -0.15) is 12.6 Å². The van der Waals surface area contributed by atoms with Gasteiger partial charge in [0.15, 0.2) is 0 Å². The lowest BCUT2D eigenvalue weighted by Gasteiger charge is -2.26. The number of hydrogen-bond acceptors (Lipinski definition) is 8. The molecule has 0 aromatic carbocycles. The zero-order valence-corrected chi connectivity index (χ0v) is 18.6. The summed E-state index contributed by atoms with van der Waals surface area (Å²) in [6, 6.07) is -5.10. The summed E-state index contributed by atoms with van der Waals surface area (Å²) in [7, 11) is 0. The van der Waals surface area contributed by atoms with Crippen LogP contribution < -0.4 is 21.7 Å². The van der Waals surface area contributed by atoms with E-state index in [2.05, 4.69) is 28.6 Å². The van der Waals surface area contributed by atoms with E-state index in [1.807, 2.05) is 0 Å². The van der Waals surface area contributed by atoms with Gasteiger partial charge in [-0.1, -0.05) is 13.8 Å². The third-order valence-electron chi connectivity index (χ3n) is 4.32. The van der Waals surface area contributed by atoms with Crippen molar-refractivity contribution in [1.29, 1.82) is 0 Å². The van der Waals surface area contributed by atoms with Crippen molar-refractivity contribution in [2.45, 2.75) is 63.7 Å². The van der Waals surface area contributed by atoms with Crippen LogP contribution in [0.25, 0.3) is 0 Å². The van der Waals surface area contributed by atoms with Crippen LogP contribution in [-0.2, 0) is 28.8 Å². The van der Waals surface area contributed by atoms with Crippen LogP contribution in [0.5, 0.6) is 0 Å². The van der Waals surface area contributed by atoms with Gasteiger partial charge < -0.3 is 37.0 Å². The van der Waals surface area contributed by atoms with Crippen LogP contribution in [0.3, 0.4) is 0 Å². The summed E-state index contributed by atoms with van der Waals surface area (Å²) in [6.07, 6.45) is -1.83. The van der Waals surface area contributed by atoms with E-state index in [-0.39, 0.29) is 12.2 Å². The molecular formula is C18H30N4O9S. The number of aliphatic carboxylic acids is 3. The molecule has 0 aromatic heterocycles.